The van der Waals surface area contributed by atoms with Gasteiger partial charge in [-0.1, -0.05) is 26.2 Å². The quantitative estimate of drug-likeness (QED) is 0.727. The zero-order valence-electron chi connectivity index (χ0n) is 15.9. The number of rotatable bonds is 5. The first-order valence-electron chi connectivity index (χ1n) is 10.0. The summed E-state index contributed by atoms with van der Waals surface area (Å²) in [5.41, 5.74) is 1.25. The predicted molar refractivity (Wildman–Crippen MR) is 96.0 cm³/mol. The second-order valence-corrected chi connectivity index (χ2v) is 7.41. The third-order valence-electron chi connectivity index (χ3n) is 5.39. The van der Waals surface area contributed by atoms with E-state index in [9.17, 15) is 9.90 Å². The Morgan fingerprint density at radius 2 is 1.92 bits per heavy atom. The minimum Gasteiger partial charge on any atom is -0.451 e. The summed E-state index contributed by atoms with van der Waals surface area (Å²) >= 11 is 0. The second-order valence-electron chi connectivity index (χ2n) is 7.41. The van der Waals surface area contributed by atoms with Crippen LogP contribution in [0, 0.1) is 0 Å². The molecule has 3 rings (SSSR count). The Balaban J connectivity index is 1.62. The molecule has 148 valence electrons. The Kier molecular flexibility index (Phi) is 6.78. The third kappa shape index (κ3) is 4.69. The molecule has 2 aliphatic heterocycles. The van der Waals surface area contributed by atoms with Gasteiger partial charge in [0.1, 0.15) is 18.1 Å². The average Bonchev–Trinajstić information content (AvgIpc) is 3.05. The molecule has 0 aromatic heterocycles. The van der Waals surface area contributed by atoms with Gasteiger partial charge in [-0.15, -0.1) is 0 Å². The van der Waals surface area contributed by atoms with Crippen LogP contribution in [0.3, 0.4) is 0 Å². The van der Waals surface area contributed by atoms with E-state index in [1.807, 2.05) is 13.8 Å². The van der Waals surface area contributed by atoms with Crippen molar-refractivity contribution >= 4 is 6.09 Å². The van der Waals surface area contributed by atoms with Crippen molar-refractivity contribution in [2.75, 3.05) is 13.1 Å². The standard InChI is InChI=1S/C19H32N2O5/c1-3-17(22)20-11-14-12-21(18(23)25-14)19-24-13(2)15-9-7-5-4-6-8-10-16(15)26-19/h13-14,17,19-20,22H,3-12H2,1-2H3. The summed E-state index contributed by atoms with van der Waals surface area (Å²) in [6.45, 7) is 4.73. The van der Waals surface area contributed by atoms with Crippen LogP contribution < -0.4 is 5.32 Å². The molecule has 0 spiro atoms. The molecule has 1 aliphatic carbocycles. The summed E-state index contributed by atoms with van der Waals surface area (Å²) in [4.78, 5) is 13.8. The lowest BCUT2D eigenvalue weighted by Gasteiger charge is -2.36. The van der Waals surface area contributed by atoms with Gasteiger partial charge in [0, 0.05) is 13.0 Å². The normalized spacial score (nSPS) is 31.4. The van der Waals surface area contributed by atoms with E-state index in [2.05, 4.69) is 5.32 Å². The fourth-order valence-electron chi connectivity index (χ4n) is 3.77. The third-order valence-corrected chi connectivity index (χ3v) is 5.39. The molecule has 2 heterocycles. The topological polar surface area (TPSA) is 80.3 Å². The Hall–Kier alpha value is -1.31. The Morgan fingerprint density at radius 3 is 2.69 bits per heavy atom. The Labute approximate surface area is 155 Å². The number of carbonyl (C=O) groups excluding carboxylic acids is 1. The number of amides is 1. The number of carbonyl (C=O) groups is 1. The number of hydrogen-bond acceptors (Lipinski definition) is 6. The fourth-order valence-corrected chi connectivity index (χ4v) is 3.77. The van der Waals surface area contributed by atoms with Gasteiger partial charge in [0.05, 0.1) is 12.6 Å². The highest BCUT2D eigenvalue weighted by Gasteiger charge is 2.41. The first kappa shape index (κ1) is 19.5. The Bertz CT molecular complexity index is 524. The van der Waals surface area contributed by atoms with Crippen LogP contribution in [0.1, 0.15) is 65.2 Å². The van der Waals surface area contributed by atoms with Gasteiger partial charge in [0.15, 0.2) is 0 Å². The highest BCUT2D eigenvalue weighted by Crippen LogP contribution is 2.34. The molecule has 7 heteroatoms. The van der Waals surface area contributed by atoms with Crippen LogP contribution >= 0.6 is 0 Å². The van der Waals surface area contributed by atoms with Gasteiger partial charge in [-0.2, -0.15) is 0 Å². The van der Waals surface area contributed by atoms with E-state index in [1.54, 1.807) is 0 Å². The highest BCUT2D eigenvalue weighted by atomic mass is 16.7. The molecule has 1 amide bonds. The number of aliphatic hydroxyl groups is 1. The van der Waals surface area contributed by atoms with E-state index in [0.717, 1.165) is 25.0 Å². The number of nitrogens with zero attached hydrogens (tertiary/aromatic N) is 1. The van der Waals surface area contributed by atoms with Crippen LogP contribution in [0.2, 0.25) is 0 Å². The summed E-state index contributed by atoms with van der Waals surface area (Å²) in [7, 11) is 0. The van der Waals surface area contributed by atoms with Gasteiger partial charge in [-0.25, -0.2) is 9.69 Å². The van der Waals surface area contributed by atoms with Gasteiger partial charge in [0.25, 0.3) is 6.41 Å². The number of nitrogens with one attached hydrogen (secondary N) is 1. The van der Waals surface area contributed by atoms with Crippen LogP contribution in [0.15, 0.2) is 11.3 Å². The summed E-state index contributed by atoms with van der Waals surface area (Å²) in [6.07, 6.45) is 6.46. The highest BCUT2D eigenvalue weighted by molar-refractivity contribution is 5.70. The van der Waals surface area contributed by atoms with E-state index in [0.29, 0.717) is 19.5 Å². The van der Waals surface area contributed by atoms with Crippen LogP contribution in [-0.4, -0.2) is 54.0 Å². The van der Waals surface area contributed by atoms with Crippen molar-refractivity contribution in [1.82, 2.24) is 10.2 Å². The molecule has 0 radical (unpaired) electrons. The summed E-state index contributed by atoms with van der Waals surface area (Å²) in [6, 6.07) is 0. The first-order valence-corrected chi connectivity index (χ1v) is 10.0. The van der Waals surface area contributed by atoms with Crippen molar-refractivity contribution in [3.8, 4) is 0 Å². The van der Waals surface area contributed by atoms with Gasteiger partial charge < -0.3 is 19.3 Å². The smallest absolute Gasteiger partial charge is 0.415 e. The van der Waals surface area contributed by atoms with Crippen molar-refractivity contribution < 1.29 is 24.1 Å². The molecule has 0 bridgehead atoms. The van der Waals surface area contributed by atoms with Crippen molar-refractivity contribution in [2.24, 2.45) is 0 Å². The summed E-state index contributed by atoms with van der Waals surface area (Å²) in [5.74, 6) is 1.01. The van der Waals surface area contributed by atoms with Gasteiger partial charge in [-0.05, 0) is 38.2 Å². The summed E-state index contributed by atoms with van der Waals surface area (Å²) < 4.78 is 17.5. The summed E-state index contributed by atoms with van der Waals surface area (Å²) in [5, 5.41) is 12.6. The maximum absolute atomic E-state index is 12.3. The molecule has 0 saturated carbocycles. The number of cyclic esters (lactones) is 1. The molecule has 0 aromatic carbocycles. The van der Waals surface area contributed by atoms with E-state index < -0.39 is 18.7 Å². The second kappa shape index (κ2) is 9.06. The SMILES string of the molecule is CCC(O)NCC1CN(C2OC3=C(CCCCCCC3)C(C)O2)C(=O)O1. The first-order chi connectivity index (χ1) is 12.6. The van der Waals surface area contributed by atoms with Crippen LogP contribution in [-0.2, 0) is 14.2 Å². The predicted octanol–water partition coefficient (Wildman–Crippen LogP) is 2.84. The molecule has 2 N–H and O–H groups in total. The van der Waals surface area contributed by atoms with Crippen molar-refractivity contribution in [1.29, 1.82) is 0 Å². The molecular weight excluding hydrogens is 336 g/mol. The van der Waals surface area contributed by atoms with Gasteiger partial charge in [0.2, 0.25) is 0 Å². The maximum Gasteiger partial charge on any atom is 0.415 e. The molecule has 0 aromatic rings. The van der Waals surface area contributed by atoms with E-state index in [-0.39, 0.29) is 12.2 Å². The molecule has 26 heavy (non-hydrogen) atoms. The minimum absolute atomic E-state index is 0.0475. The number of hydrogen-bond donors (Lipinski definition) is 2. The maximum atomic E-state index is 12.3. The lowest BCUT2D eigenvalue weighted by atomic mass is 10.0. The molecule has 1 fully saturated rings. The lowest BCUT2D eigenvalue weighted by molar-refractivity contribution is -0.217. The van der Waals surface area contributed by atoms with Crippen molar-refractivity contribution in [3.05, 3.63) is 11.3 Å². The van der Waals surface area contributed by atoms with E-state index in [4.69, 9.17) is 14.2 Å². The zero-order valence-corrected chi connectivity index (χ0v) is 15.9. The van der Waals surface area contributed by atoms with Gasteiger partial charge >= 0.3 is 6.09 Å². The largest absolute Gasteiger partial charge is 0.451 e. The van der Waals surface area contributed by atoms with E-state index >= 15 is 0 Å². The number of aliphatic hydroxyl groups excluding tert-OH is 1. The van der Waals surface area contributed by atoms with E-state index in [1.165, 1.54) is 36.2 Å². The monoisotopic (exact) mass is 368 g/mol. The molecule has 1 saturated heterocycles. The molecule has 4 atom stereocenters. The van der Waals surface area contributed by atoms with Crippen LogP contribution in [0.25, 0.3) is 0 Å². The molecule has 4 unspecified atom stereocenters. The van der Waals surface area contributed by atoms with Crippen LogP contribution in [0.5, 0.6) is 0 Å². The number of ether oxygens (including phenoxy) is 3. The van der Waals surface area contributed by atoms with Crippen molar-refractivity contribution in [2.45, 2.75) is 90.1 Å². The average molecular weight is 368 g/mol. The zero-order chi connectivity index (χ0) is 18.5. The number of allylic oxidation sites excluding steroid dienone is 1. The van der Waals surface area contributed by atoms with Crippen LogP contribution in [0.4, 0.5) is 4.79 Å². The molecule has 7 nitrogen and oxygen atoms in total. The fraction of sp³-hybridized carbons (Fsp3) is 0.842. The molecular formula is C19H32N2O5. The minimum atomic E-state index is -0.724. The molecule has 3 aliphatic rings. The lowest BCUT2D eigenvalue weighted by Crippen LogP contribution is -2.45. The Morgan fingerprint density at radius 1 is 1.19 bits per heavy atom. The van der Waals surface area contributed by atoms with Gasteiger partial charge in [-0.3, -0.25) is 5.32 Å². The van der Waals surface area contributed by atoms with Crippen molar-refractivity contribution in [3.63, 3.8) is 0 Å².